The average molecular weight is 331 g/mol. The third kappa shape index (κ3) is 4.87. The Hall–Kier alpha value is -1.76. The van der Waals surface area contributed by atoms with E-state index in [9.17, 15) is 0 Å². The number of aliphatic hydroxyl groups excluding tert-OH is 1. The van der Waals surface area contributed by atoms with Crippen LogP contribution in [-0.2, 0) is 11.2 Å². The molecule has 0 unspecified atom stereocenters. The summed E-state index contributed by atoms with van der Waals surface area (Å²) in [5.41, 5.74) is 0.979. The number of likely N-dealkylation sites (tertiary alicyclic amines) is 1. The SMILES string of the molecule is OCCO[C@@H]1CCCN(CCCc2nc(-c3ccccc3)no2)C1. The molecule has 1 N–H and O–H groups in total. The standard InChI is InChI=1S/C18H25N3O3/c22-12-13-23-16-8-4-10-21(14-16)11-5-9-17-19-18(20-24-17)15-6-2-1-3-7-15/h1-3,6-7,16,22H,4-5,8-14H2/t16-/m1/s1. The van der Waals surface area contributed by atoms with E-state index in [2.05, 4.69) is 15.0 Å². The number of aromatic nitrogens is 2. The smallest absolute Gasteiger partial charge is 0.227 e. The van der Waals surface area contributed by atoms with Crippen LogP contribution in [0.1, 0.15) is 25.2 Å². The summed E-state index contributed by atoms with van der Waals surface area (Å²) >= 11 is 0. The van der Waals surface area contributed by atoms with Crippen LogP contribution in [0.5, 0.6) is 0 Å². The number of ether oxygens (including phenoxy) is 1. The van der Waals surface area contributed by atoms with Gasteiger partial charge in [0.05, 0.1) is 19.3 Å². The van der Waals surface area contributed by atoms with Crippen molar-refractivity contribution in [1.29, 1.82) is 0 Å². The molecular weight excluding hydrogens is 306 g/mol. The first-order chi connectivity index (χ1) is 11.8. The van der Waals surface area contributed by atoms with Crippen LogP contribution in [0.4, 0.5) is 0 Å². The number of rotatable bonds is 8. The molecule has 1 fully saturated rings. The molecule has 1 aromatic carbocycles. The molecule has 1 saturated heterocycles. The van der Waals surface area contributed by atoms with E-state index >= 15 is 0 Å². The summed E-state index contributed by atoms with van der Waals surface area (Å²) in [4.78, 5) is 6.89. The fourth-order valence-corrected chi connectivity index (χ4v) is 3.09. The Morgan fingerprint density at radius 2 is 2.17 bits per heavy atom. The normalized spacial score (nSPS) is 18.8. The predicted molar refractivity (Wildman–Crippen MR) is 90.6 cm³/mol. The minimum atomic E-state index is 0.0947. The third-order valence-corrected chi connectivity index (χ3v) is 4.27. The number of aliphatic hydroxyl groups is 1. The zero-order chi connectivity index (χ0) is 16.6. The molecule has 0 spiro atoms. The Labute approximate surface area is 142 Å². The van der Waals surface area contributed by atoms with Crippen LogP contribution in [0.15, 0.2) is 34.9 Å². The molecule has 24 heavy (non-hydrogen) atoms. The second-order valence-electron chi connectivity index (χ2n) is 6.14. The molecule has 0 aliphatic carbocycles. The maximum atomic E-state index is 8.85. The van der Waals surface area contributed by atoms with Crippen molar-refractivity contribution in [3.63, 3.8) is 0 Å². The van der Waals surface area contributed by atoms with E-state index in [4.69, 9.17) is 14.4 Å². The van der Waals surface area contributed by atoms with Gasteiger partial charge in [0.25, 0.3) is 0 Å². The van der Waals surface area contributed by atoms with Crippen molar-refractivity contribution in [2.24, 2.45) is 0 Å². The van der Waals surface area contributed by atoms with Crippen LogP contribution in [0, 0.1) is 0 Å². The second kappa shape index (κ2) is 8.92. The number of benzene rings is 1. The fourth-order valence-electron chi connectivity index (χ4n) is 3.09. The molecule has 0 saturated carbocycles. The quantitative estimate of drug-likeness (QED) is 0.799. The van der Waals surface area contributed by atoms with E-state index in [1.807, 2.05) is 30.3 Å². The van der Waals surface area contributed by atoms with Gasteiger partial charge in [-0.25, -0.2) is 0 Å². The Kier molecular flexibility index (Phi) is 6.34. The highest BCUT2D eigenvalue weighted by Gasteiger charge is 2.20. The number of nitrogens with zero attached hydrogens (tertiary/aromatic N) is 3. The van der Waals surface area contributed by atoms with E-state index in [-0.39, 0.29) is 12.7 Å². The van der Waals surface area contributed by atoms with Crippen LogP contribution in [-0.4, -0.2) is 59.1 Å². The van der Waals surface area contributed by atoms with E-state index in [1.54, 1.807) is 0 Å². The lowest BCUT2D eigenvalue weighted by atomic mass is 10.1. The van der Waals surface area contributed by atoms with Crippen molar-refractivity contribution in [1.82, 2.24) is 15.0 Å². The zero-order valence-electron chi connectivity index (χ0n) is 13.9. The minimum Gasteiger partial charge on any atom is -0.394 e. The first-order valence-electron chi connectivity index (χ1n) is 8.68. The van der Waals surface area contributed by atoms with Crippen LogP contribution < -0.4 is 0 Å². The summed E-state index contributed by atoms with van der Waals surface area (Å²) in [6, 6.07) is 9.87. The molecule has 0 bridgehead atoms. The molecule has 1 atom stereocenters. The largest absolute Gasteiger partial charge is 0.394 e. The minimum absolute atomic E-state index is 0.0947. The van der Waals surface area contributed by atoms with E-state index in [1.165, 1.54) is 0 Å². The third-order valence-electron chi connectivity index (χ3n) is 4.27. The molecule has 2 heterocycles. The van der Waals surface area contributed by atoms with Crippen molar-refractivity contribution in [2.45, 2.75) is 31.8 Å². The Balaban J connectivity index is 1.43. The number of piperidine rings is 1. The maximum Gasteiger partial charge on any atom is 0.227 e. The van der Waals surface area contributed by atoms with Crippen molar-refractivity contribution in [3.05, 3.63) is 36.2 Å². The average Bonchev–Trinajstić information content (AvgIpc) is 3.10. The molecule has 1 aliphatic heterocycles. The molecule has 1 aromatic heterocycles. The number of hydrogen-bond acceptors (Lipinski definition) is 6. The fraction of sp³-hybridized carbons (Fsp3) is 0.556. The van der Waals surface area contributed by atoms with Gasteiger partial charge in [-0.15, -0.1) is 0 Å². The molecule has 3 rings (SSSR count). The Bertz CT molecular complexity index is 603. The molecule has 130 valence electrons. The molecule has 6 heteroatoms. The van der Waals surface area contributed by atoms with Gasteiger partial charge in [0.1, 0.15) is 0 Å². The number of hydrogen-bond donors (Lipinski definition) is 1. The van der Waals surface area contributed by atoms with E-state index in [0.29, 0.717) is 18.3 Å². The van der Waals surface area contributed by atoms with Gasteiger partial charge in [0.2, 0.25) is 11.7 Å². The molecule has 1 aliphatic rings. The molecule has 0 amide bonds. The highest BCUT2D eigenvalue weighted by molar-refractivity contribution is 5.53. The summed E-state index contributed by atoms with van der Waals surface area (Å²) in [5, 5.41) is 12.9. The van der Waals surface area contributed by atoms with Crippen LogP contribution >= 0.6 is 0 Å². The van der Waals surface area contributed by atoms with Gasteiger partial charge >= 0.3 is 0 Å². The van der Waals surface area contributed by atoms with Gasteiger partial charge in [0, 0.05) is 18.5 Å². The van der Waals surface area contributed by atoms with Crippen molar-refractivity contribution >= 4 is 0 Å². The lowest BCUT2D eigenvalue weighted by molar-refractivity contribution is -0.0146. The molecular formula is C18H25N3O3. The molecule has 6 nitrogen and oxygen atoms in total. The first-order valence-corrected chi connectivity index (χ1v) is 8.68. The molecule has 2 aromatic rings. The van der Waals surface area contributed by atoms with Crippen LogP contribution in [0.25, 0.3) is 11.4 Å². The summed E-state index contributed by atoms with van der Waals surface area (Å²) in [6.45, 7) is 3.58. The lowest BCUT2D eigenvalue weighted by Crippen LogP contribution is -2.40. The van der Waals surface area contributed by atoms with Gasteiger partial charge in [-0.05, 0) is 32.4 Å². The van der Waals surface area contributed by atoms with Crippen LogP contribution in [0.2, 0.25) is 0 Å². The van der Waals surface area contributed by atoms with Gasteiger partial charge < -0.3 is 19.3 Å². The summed E-state index contributed by atoms with van der Waals surface area (Å²) in [7, 11) is 0. The van der Waals surface area contributed by atoms with Crippen molar-refractivity contribution in [2.75, 3.05) is 32.8 Å². The van der Waals surface area contributed by atoms with Crippen molar-refractivity contribution < 1.29 is 14.4 Å². The van der Waals surface area contributed by atoms with E-state index in [0.717, 1.165) is 50.9 Å². The lowest BCUT2D eigenvalue weighted by Gasteiger charge is -2.32. The zero-order valence-corrected chi connectivity index (χ0v) is 13.9. The van der Waals surface area contributed by atoms with Gasteiger partial charge in [-0.3, -0.25) is 0 Å². The Morgan fingerprint density at radius 1 is 1.29 bits per heavy atom. The Morgan fingerprint density at radius 3 is 3.00 bits per heavy atom. The summed E-state index contributed by atoms with van der Waals surface area (Å²) in [6.07, 6.45) is 4.26. The second-order valence-corrected chi connectivity index (χ2v) is 6.14. The first kappa shape index (κ1) is 17.1. The number of aryl methyl sites for hydroxylation is 1. The predicted octanol–water partition coefficient (Wildman–Crippen LogP) is 2.14. The van der Waals surface area contributed by atoms with E-state index < -0.39 is 0 Å². The van der Waals surface area contributed by atoms with Gasteiger partial charge in [-0.2, -0.15) is 4.98 Å². The highest BCUT2D eigenvalue weighted by Crippen LogP contribution is 2.16. The van der Waals surface area contributed by atoms with Gasteiger partial charge in [-0.1, -0.05) is 35.5 Å². The maximum absolute atomic E-state index is 8.85. The highest BCUT2D eigenvalue weighted by atomic mass is 16.5. The van der Waals surface area contributed by atoms with Crippen molar-refractivity contribution in [3.8, 4) is 11.4 Å². The topological polar surface area (TPSA) is 71.6 Å². The summed E-state index contributed by atoms with van der Waals surface area (Å²) < 4.78 is 11.0. The molecule has 0 radical (unpaired) electrons. The monoisotopic (exact) mass is 331 g/mol. The van der Waals surface area contributed by atoms with Crippen LogP contribution in [0.3, 0.4) is 0 Å². The van der Waals surface area contributed by atoms with Gasteiger partial charge in [0.15, 0.2) is 0 Å². The summed E-state index contributed by atoms with van der Waals surface area (Å²) in [5.74, 6) is 1.35.